The van der Waals surface area contributed by atoms with Gasteiger partial charge in [0, 0.05) is 6.54 Å². The highest BCUT2D eigenvalue weighted by Gasteiger charge is 2.29. The van der Waals surface area contributed by atoms with Gasteiger partial charge in [0.25, 0.3) is 0 Å². The molecule has 2 nitrogen and oxygen atoms in total. The van der Waals surface area contributed by atoms with Gasteiger partial charge in [0.15, 0.2) is 0 Å². The third-order valence-electron chi connectivity index (χ3n) is 4.60. The predicted molar refractivity (Wildman–Crippen MR) is 87.7 cm³/mol. The lowest BCUT2D eigenvalue weighted by Gasteiger charge is -2.39. The number of rotatable bonds is 3. The fourth-order valence-corrected chi connectivity index (χ4v) is 2.86. The average molecular weight is 271 g/mol. The summed E-state index contributed by atoms with van der Waals surface area (Å²) in [4.78, 5) is 2.69. The highest BCUT2D eigenvalue weighted by molar-refractivity contribution is 4.83. The van der Waals surface area contributed by atoms with Crippen molar-refractivity contribution in [2.75, 3.05) is 32.7 Å². The lowest BCUT2D eigenvalue weighted by atomic mass is 9.78. The van der Waals surface area contributed by atoms with E-state index in [9.17, 15) is 0 Å². The summed E-state index contributed by atoms with van der Waals surface area (Å²) in [5.74, 6) is 0.927. The highest BCUT2D eigenvalue weighted by atomic mass is 15.1. The minimum absolute atomic E-state index is 0.643. The van der Waals surface area contributed by atoms with E-state index in [-0.39, 0.29) is 0 Å². The Morgan fingerprint density at radius 2 is 1.68 bits per heavy atom. The molecule has 1 atom stereocenters. The van der Waals surface area contributed by atoms with Gasteiger partial charge >= 0.3 is 0 Å². The van der Waals surface area contributed by atoms with Crippen LogP contribution >= 0.6 is 0 Å². The summed E-state index contributed by atoms with van der Waals surface area (Å²) < 4.78 is 0. The Labute approximate surface area is 122 Å². The van der Waals surface area contributed by atoms with Gasteiger partial charge in [-0.1, -0.05) is 48.0 Å². The Hall–Kier alpha value is -0.0800. The topological polar surface area (TPSA) is 15.3 Å². The lowest BCUT2D eigenvalue weighted by Crippen LogP contribution is -2.41. The van der Waals surface area contributed by atoms with E-state index in [0.717, 1.165) is 5.92 Å². The van der Waals surface area contributed by atoms with Crippen LogP contribution in [0.1, 0.15) is 67.2 Å². The van der Waals surface area contributed by atoms with Gasteiger partial charge in [-0.25, -0.2) is 0 Å². The van der Waals surface area contributed by atoms with Gasteiger partial charge in [-0.3, -0.25) is 0 Å². The molecular weight excluding hydrogens is 232 g/mol. The SMILES string of the molecule is CC.CC.CCC1(C)CCN(C[C@@H]2CCNC2)CC1. The molecule has 0 bridgehead atoms. The molecular formula is C17H38N2. The maximum absolute atomic E-state index is 3.46. The van der Waals surface area contributed by atoms with Gasteiger partial charge < -0.3 is 10.2 Å². The Morgan fingerprint density at radius 1 is 1.11 bits per heavy atom. The van der Waals surface area contributed by atoms with E-state index < -0.39 is 0 Å². The van der Waals surface area contributed by atoms with Crippen molar-refractivity contribution in [3.05, 3.63) is 0 Å². The van der Waals surface area contributed by atoms with Crippen LogP contribution in [0.2, 0.25) is 0 Å². The third-order valence-corrected chi connectivity index (χ3v) is 4.60. The molecule has 2 rings (SSSR count). The summed E-state index contributed by atoms with van der Waals surface area (Å²) >= 11 is 0. The monoisotopic (exact) mass is 270 g/mol. The fraction of sp³-hybridized carbons (Fsp3) is 1.00. The number of hydrogen-bond acceptors (Lipinski definition) is 2. The Morgan fingerprint density at radius 3 is 2.11 bits per heavy atom. The molecule has 0 aromatic rings. The number of likely N-dealkylation sites (tertiary alicyclic amines) is 1. The van der Waals surface area contributed by atoms with Crippen molar-refractivity contribution < 1.29 is 0 Å². The largest absolute Gasteiger partial charge is 0.316 e. The Bertz CT molecular complexity index is 189. The zero-order valence-corrected chi connectivity index (χ0v) is 14.4. The first-order valence-corrected chi connectivity index (χ1v) is 8.65. The van der Waals surface area contributed by atoms with Crippen LogP contribution in [0.4, 0.5) is 0 Å². The van der Waals surface area contributed by atoms with Gasteiger partial charge in [0.1, 0.15) is 0 Å². The molecule has 0 unspecified atom stereocenters. The van der Waals surface area contributed by atoms with Gasteiger partial charge in [0.2, 0.25) is 0 Å². The molecule has 0 radical (unpaired) electrons. The van der Waals surface area contributed by atoms with Crippen LogP contribution in [0.15, 0.2) is 0 Å². The molecule has 0 aromatic carbocycles. The van der Waals surface area contributed by atoms with Gasteiger partial charge in [-0.15, -0.1) is 0 Å². The van der Waals surface area contributed by atoms with Crippen LogP contribution in [0.25, 0.3) is 0 Å². The van der Waals surface area contributed by atoms with Crippen molar-refractivity contribution in [2.24, 2.45) is 11.3 Å². The van der Waals surface area contributed by atoms with E-state index >= 15 is 0 Å². The molecule has 0 spiro atoms. The van der Waals surface area contributed by atoms with Crippen molar-refractivity contribution in [2.45, 2.75) is 67.2 Å². The molecule has 0 aliphatic carbocycles. The zero-order chi connectivity index (χ0) is 14.7. The lowest BCUT2D eigenvalue weighted by molar-refractivity contribution is 0.103. The van der Waals surface area contributed by atoms with Crippen LogP contribution in [0.3, 0.4) is 0 Å². The second kappa shape index (κ2) is 10.7. The van der Waals surface area contributed by atoms with Crippen molar-refractivity contribution in [1.29, 1.82) is 0 Å². The maximum Gasteiger partial charge on any atom is 0.00223 e. The molecule has 2 heteroatoms. The van der Waals surface area contributed by atoms with Crippen LogP contribution in [-0.2, 0) is 0 Å². The smallest absolute Gasteiger partial charge is 0.00223 e. The van der Waals surface area contributed by atoms with E-state index in [1.807, 2.05) is 27.7 Å². The number of nitrogens with one attached hydrogen (secondary N) is 1. The quantitative estimate of drug-likeness (QED) is 0.828. The first-order chi connectivity index (χ1) is 9.22. The first-order valence-electron chi connectivity index (χ1n) is 8.65. The first kappa shape index (κ1) is 18.9. The molecule has 2 heterocycles. The number of piperidine rings is 1. The standard InChI is InChI=1S/C13H26N2.2C2H6/c1-3-13(2)5-8-15(9-6-13)11-12-4-7-14-10-12;2*1-2/h12,14H,3-11H2,1-2H3;2*1-2H3/t12-;;/m1../s1. The van der Waals surface area contributed by atoms with E-state index in [0.29, 0.717) is 5.41 Å². The average Bonchev–Trinajstić information content (AvgIpc) is 2.99. The summed E-state index contributed by atoms with van der Waals surface area (Å²) in [6.45, 7) is 19.3. The second-order valence-corrected chi connectivity index (χ2v) is 5.82. The summed E-state index contributed by atoms with van der Waals surface area (Å²) in [5, 5.41) is 3.46. The van der Waals surface area contributed by atoms with Crippen molar-refractivity contribution >= 4 is 0 Å². The molecule has 0 saturated carbocycles. The van der Waals surface area contributed by atoms with Crippen molar-refractivity contribution in [3.8, 4) is 0 Å². The Balaban J connectivity index is 0.000000741. The molecule has 2 aliphatic heterocycles. The third kappa shape index (κ3) is 6.76. The predicted octanol–water partition coefficient (Wildman–Crippen LogP) is 4.16. The van der Waals surface area contributed by atoms with Crippen molar-refractivity contribution in [1.82, 2.24) is 10.2 Å². The van der Waals surface area contributed by atoms with Crippen LogP contribution in [-0.4, -0.2) is 37.6 Å². The minimum Gasteiger partial charge on any atom is -0.316 e. The van der Waals surface area contributed by atoms with Gasteiger partial charge in [-0.2, -0.15) is 0 Å². The summed E-state index contributed by atoms with van der Waals surface area (Å²) in [7, 11) is 0. The van der Waals surface area contributed by atoms with Gasteiger partial charge in [-0.05, 0) is 56.8 Å². The van der Waals surface area contributed by atoms with E-state index in [1.165, 1.54) is 58.4 Å². The molecule has 0 amide bonds. The summed E-state index contributed by atoms with van der Waals surface area (Å²) in [6, 6.07) is 0. The van der Waals surface area contributed by atoms with Crippen LogP contribution < -0.4 is 5.32 Å². The molecule has 2 aliphatic rings. The van der Waals surface area contributed by atoms with Crippen LogP contribution in [0.5, 0.6) is 0 Å². The normalized spacial score (nSPS) is 25.9. The molecule has 116 valence electrons. The highest BCUT2D eigenvalue weighted by Crippen LogP contribution is 2.34. The minimum atomic E-state index is 0.643. The molecule has 2 fully saturated rings. The number of nitrogens with zero attached hydrogens (tertiary/aromatic N) is 1. The Kier molecular flexibility index (Phi) is 10.6. The number of hydrogen-bond donors (Lipinski definition) is 1. The molecule has 0 aromatic heterocycles. The van der Waals surface area contributed by atoms with Crippen molar-refractivity contribution in [3.63, 3.8) is 0 Å². The fourth-order valence-electron chi connectivity index (χ4n) is 2.86. The van der Waals surface area contributed by atoms with Crippen LogP contribution in [0, 0.1) is 11.3 Å². The van der Waals surface area contributed by atoms with E-state index in [4.69, 9.17) is 0 Å². The zero-order valence-electron chi connectivity index (χ0n) is 14.4. The van der Waals surface area contributed by atoms with E-state index in [2.05, 4.69) is 24.1 Å². The molecule has 19 heavy (non-hydrogen) atoms. The summed E-state index contributed by atoms with van der Waals surface area (Å²) in [5.41, 5.74) is 0.643. The second-order valence-electron chi connectivity index (χ2n) is 5.82. The molecule has 1 N–H and O–H groups in total. The molecule has 2 saturated heterocycles. The maximum atomic E-state index is 3.46. The van der Waals surface area contributed by atoms with E-state index in [1.54, 1.807) is 0 Å². The summed E-state index contributed by atoms with van der Waals surface area (Å²) in [6.07, 6.45) is 5.56. The van der Waals surface area contributed by atoms with Gasteiger partial charge in [0.05, 0.1) is 0 Å².